The van der Waals surface area contributed by atoms with Crippen molar-refractivity contribution in [3.8, 4) is 5.75 Å². The summed E-state index contributed by atoms with van der Waals surface area (Å²) in [6, 6.07) is 3.58. The van der Waals surface area contributed by atoms with E-state index in [9.17, 15) is 45.1 Å². The van der Waals surface area contributed by atoms with E-state index in [-0.39, 0.29) is 22.2 Å². The van der Waals surface area contributed by atoms with E-state index >= 15 is 0 Å². The maximum absolute atomic E-state index is 14.1. The van der Waals surface area contributed by atoms with Crippen molar-refractivity contribution in [3.63, 3.8) is 0 Å². The molecular formula is C24H11ClF7N3O4. The molecule has 2 aliphatic rings. The molecule has 1 atom stereocenters. The molecule has 0 saturated carbocycles. The number of hydrogen-bond acceptors (Lipinski definition) is 4. The first-order valence-electron chi connectivity index (χ1n) is 10.7. The lowest BCUT2D eigenvalue weighted by Crippen LogP contribution is -2.44. The maximum atomic E-state index is 14.1. The van der Waals surface area contributed by atoms with Gasteiger partial charge in [0, 0.05) is 27.8 Å². The fraction of sp³-hybridized carbons (Fsp3) is 0.125. The molecule has 2 aliphatic heterocycles. The van der Waals surface area contributed by atoms with Crippen molar-refractivity contribution in [2.24, 2.45) is 0 Å². The van der Waals surface area contributed by atoms with Crippen molar-refractivity contribution in [2.45, 2.75) is 18.3 Å². The zero-order valence-corrected chi connectivity index (χ0v) is 19.5. The molecule has 0 aromatic heterocycles. The van der Waals surface area contributed by atoms with E-state index in [2.05, 4.69) is 15.4 Å². The molecule has 0 spiro atoms. The number of alkyl halides is 5. The number of fused-ring (bicyclic) bond motifs is 3. The van der Waals surface area contributed by atoms with Gasteiger partial charge in [-0.15, -0.1) is 0 Å². The monoisotopic (exact) mass is 573 g/mol. The second kappa shape index (κ2) is 8.86. The van der Waals surface area contributed by atoms with Crippen LogP contribution in [0.15, 0.2) is 42.5 Å². The number of nitrogens with one attached hydrogen (secondary N) is 3. The highest BCUT2D eigenvalue weighted by Crippen LogP contribution is 2.49. The summed E-state index contributed by atoms with van der Waals surface area (Å²) in [5, 5.41) is 6.40. The van der Waals surface area contributed by atoms with Gasteiger partial charge in [0.1, 0.15) is 11.6 Å². The molecule has 0 radical (unpaired) electrons. The van der Waals surface area contributed by atoms with Gasteiger partial charge in [-0.2, -0.15) is 22.0 Å². The van der Waals surface area contributed by atoms with Gasteiger partial charge in [0.25, 0.3) is 11.8 Å². The quantitative estimate of drug-likeness (QED) is 0.353. The van der Waals surface area contributed by atoms with Gasteiger partial charge in [0.15, 0.2) is 5.75 Å². The minimum Gasteiger partial charge on any atom is -0.423 e. The standard InChI is InChI=1S/C24H11ClF7N3O4/c25-13-2-1-10(26)6-12(13)18-16-14(33-20(36)8-3-9(23(28,29)30)5-11(27)4-8)7-15-19(17(16)21(37)34-18)35-22(38)24(31,32)39-15/h1-7,18H,(H,33,36)(H,34,37)(H,35,38)/t18-/m0/s1. The minimum atomic E-state index is -5.00. The molecule has 2 heterocycles. The number of ether oxygens (including phenoxy) is 1. The molecule has 5 rings (SSSR count). The average Bonchev–Trinajstić information content (AvgIpc) is 3.18. The van der Waals surface area contributed by atoms with Crippen molar-refractivity contribution in [2.75, 3.05) is 10.6 Å². The van der Waals surface area contributed by atoms with Crippen molar-refractivity contribution >= 4 is 40.7 Å². The molecule has 3 aromatic rings. The van der Waals surface area contributed by atoms with Crippen LogP contribution in [-0.4, -0.2) is 23.8 Å². The number of benzene rings is 3. The molecule has 0 bridgehead atoms. The van der Waals surface area contributed by atoms with Crippen molar-refractivity contribution in [1.82, 2.24) is 5.32 Å². The molecule has 3 N–H and O–H groups in total. The van der Waals surface area contributed by atoms with E-state index < -0.39 is 81.5 Å². The maximum Gasteiger partial charge on any atom is 0.482 e. The molecule has 3 amide bonds. The Balaban J connectivity index is 1.68. The predicted molar refractivity (Wildman–Crippen MR) is 121 cm³/mol. The molecule has 3 aromatic carbocycles. The number of anilines is 2. The highest BCUT2D eigenvalue weighted by molar-refractivity contribution is 6.31. The fourth-order valence-corrected chi connectivity index (χ4v) is 4.44. The zero-order valence-electron chi connectivity index (χ0n) is 18.8. The van der Waals surface area contributed by atoms with Crippen LogP contribution in [0.5, 0.6) is 5.75 Å². The molecule has 0 unspecified atom stereocenters. The molecular weight excluding hydrogens is 563 g/mol. The second-order valence-electron chi connectivity index (χ2n) is 8.41. The van der Waals surface area contributed by atoms with Gasteiger partial charge in [-0.25, -0.2) is 8.78 Å². The predicted octanol–water partition coefficient (Wildman–Crippen LogP) is 5.65. The first-order chi connectivity index (χ1) is 18.2. The van der Waals surface area contributed by atoms with Crippen molar-refractivity contribution in [1.29, 1.82) is 0 Å². The van der Waals surface area contributed by atoms with Crippen LogP contribution in [0.4, 0.5) is 42.1 Å². The third-order valence-corrected chi connectivity index (χ3v) is 6.21. The normalized spacial score (nSPS) is 17.5. The summed E-state index contributed by atoms with van der Waals surface area (Å²) in [6.45, 7) is 0. The van der Waals surface area contributed by atoms with Gasteiger partial charge in [-0.05, 0) is 36.4 Å². The lowest BCUT2D eigenvalue weighted by atomic mass is 9.94. The number of hydrogen-bond donors (Lipinski definition) is 3. The van der Waals surface area contributed by atoms with Crippen LogP contribution in [0, 0.1) is 11.6 Å². The Bertz CT molecular complexity index is 1590. The van der Waals surface area contributed by atoms with Gasteiger partial charge in [-0.1, -0.05) is 11.6 Å². The van der Waals surface area contributed by atoms with Crippen LogP contribution in [0.2, 0.25) is 5.02 Å². The second-order valence-corrected chi connectivity index (χ2v) is 8.82. The highest BCUT2D eigenvalue weighted by Gasteiger charge is 2.49. The van der Waals surface area contributed by atoms with E-state index in [1.165, 1.54) is 0 Å². The van der Waals surface area contributed by atoms with Crippen LogP contribution in [0.1, 0.15) is 43.4 Å². The summed E-state index contributed by atoms with van der Waals surface area (Å²) in [4.78, 5) is 37.7. The topological polar surface area (TPSA) is 96.5 Å². The van der Waals surface area contributed by atoms with Crippen LogP contribution in [0.3, 0.4) is 0 Å². The SMILES string of the molecule is O=C(Nc1cc2c(c3c1[C@H](c1cc(F)ccc1Cl)NC3=O)NC(=O)C(F)(F)O2)c1cc(F)cc(C(F)(F)F)c1. The summed E-state index contributed by atoms with van der Waals surface area (Å²) in [7, 11) is 0. The average molecular weight is 574 g/mol. The van der Waals surface area contributed by atoms with E-state index in [1.807, 2.05) is 5.32 Å². The van der Waals surface area contributed by atoms with Crippen molar-refractivity contribution < 1.29 is 49.9 Å². The minimum absolute atomic E-state index is 0.0438. The molecule has 0 fully saturated rings. The summed E-state index contributed by atoms with van der Waals surface area (Å²) < 4.78 is 99.9. The fourth-order valence-electron chi connectivity index (χ4n) is 4.21. The van der Waals surface area contributed by atoms with E-state index in [0.29, 0.717) is 12.1 Å². The third kappa shape index (κ3) is 4.60. The first-order valence-corrected chi connectivity index (χ1v) is 11.1. The molecule has 39 heavy (non-hydrogen) atoms. The van der Waals surface area contributed by atoms with E-state index in [4.69, 9.17) is 11.6 Å². The summed E-state index contributed by atoms with van der Waals surface area (Å²) >= 11 is 6.18. The Labute approximate surface area is 217 Å². The lowest BCUT2D eigenvalue weighted by Gasteiger charge is -2.27. The van der Waals surface area contributed by atoms with Crippen LogP contribution in [-0.2, 0) is 11.0 Å². The number of carbonyl (C=O) groups excluding carboxylic acids is 3. The zero-order chi connectivity index (χ0) is 28.4. The number of carbonyl (C=O) groups is 3. The summed E-state index contributed by atoms with van der Waals surface area (Å²) in [5.74, 6) is -7.15. The molecule has 0 saturated heterocycles. The van der Waals surface area contributed by atoms with Crippen LogP contribution < -0.4 is 20.7 Å². The Hall–Kier alpha value is -4.33. The molecule has 15 heteroatoms. The Kier molecular flexibility index (Phi) is 5.97. The number of amides is 3. The smallest absolute Gasteiger partial charge is 0.423 e. The summed E-state index contributed by atoms with van der Waals surface area (Å²) in [6.07, 6.45) is -9.38. The number of rotatable bonds is 3. The first kappa shape index (κ1) is 26.3. The van der Waals surface area contributed by atoms with Gasteiger partial charge >= 0.3 is 18.2 Å². The largest absolute Gasteiger partial charge is 0.482 e. The van der Waals surface area contributed by atoms with Crippen LogP contribution >= 0.6 is 11.6 Å². The Morgan fingerprint density at radius 2 is 1.74 bits per heavy atom. The lowest BCUT2D eigenvalue weighted by molar-refractivity contribution is -0.189. The highest BCUT2D eigenvalue weighted by atomic mass is 35.5. The molecule has 202 valence electrons. The van der Waals surface area contributed by atoms with Gasteiger partial charge in [0.2, 0.25) is 0 Å². The summed E-state index contributed by atoms with van der Waals surface area (Å²) in [5.41, 5.74) is -3.95. The van der Waals surface area contributed by atoms with Gasteiger partial charge in [0.05, 0.1) is 28.5 Å². The Morgan fingerprint density at radius 1 is 1.03 bits per heavy atom. The Morgan fingerprint density at radius 3 is 2.44 bits per heavy atom. The van der Waals surface area contributed by atoms with E-state index in [0.717, 1.165) is 24.3 Å². The van der Waals surface area contributed by atoms with Gasteiger partial charge < -0.3 is 20.7 Å². The third-order valence-electron chi connectivity index (χ3n) is 5.87. The number of halogens is 8. The molecule has 7 nitrogen and oxygen atoms in total. The van der Waals surface area contributed by atoms with Crippen LogP contribution in [0.25, 0.3) is 0 Å². The van der Waals surface area contributed by atoms with Gasteiger partial charge in [-0.3, -0.25) is 14.4 Å². The van der Waals surface area contributed by atoms with Crippen molar-refractivity contribution in [3.05, 3.63) is 86.9 Å². The molecule has 0 aliphatic carbocycles. The van der Waals surface area contributed by atoms with E-state index in [1.54, 1.807) is 0 Å².